The smallest absolute Gasteiger partial charge is 0.0981 e. The molecule has 0 atom stereocenters. The summed E-state index contributed by atoms with van der Waals surface area (Å²) < 4.78 is 0. The van der Waals surface area contributed by atoms with Crippen molar-refractivity contribution in [1.82, 2.24) is 0 Å². The van der Waals surface area contributed by atoms with Gasteiger partial charge in [0.2, 0.25) is 0 Å². The molecule has 0 spiro atoms. The Labute approximate surface area is 96.3 Å². The monoisotopic (exact) mass is 227 g/mol. The number of hydrogen-bond donors (Lipinski definition) is 1. The van der Waals surface area contributed by atoms with Crippen LogP contribution in [-0.4, -0.2) is 10.9 Å². The van der Waals surface area contributed by atoms with Crippen LogP contribution in [0.1, 0.15) is 44.9 Å². The predicted molar refractivity (Wildman–Crippen MR) is 64.6 cm³/mol. The summed E-state index contributed by atoms with van der Waals surface area (Å²) in [6.45, 7) is 0. The second-order valence-electron chi connectivity index (χ2n) is 3.80. The summed E-state index contributed by atoms with van der Waals surface area (Å²) in [4.78, 5) is 0. The van der Waals surface area contributed by atoms with Crippen LogP contribution in [0.2, 0.25) is 0 Å². The number of halogens is 1. The first-order chi connectivity index (χ1) is 7.34. The van der Waals surface area contributed by atoms with Crippen molar-refractivity contribution in [2.75, 3.05) is 0 Å². The van der Waals surface area contributed by atoms with E-state index in [-0.39, 0.29) is 0 Å². The minimum absolute atomic E-state index is 0.550. The molecule has 2 nitrogen and oxygen atoms in total. The van der Waals surface area contributed by atoms with Crippen LogP contribution in [0.4, 0.5) is 0 Å². The number of hydrogen-bond acceptors (Lipinski definition) is 2. The Hall–Kier alpha value is -0.760. The van der Waals surface area contributed by atoms with Gasteiger partial charge in [-0.25, -0.2) is 0 Å². The average molecular weight is 228 g/mol. The molecule has 0 amide bonds. The zero-order valence-corrected chi connectivity index (χ0v) is 9.71. The third-order valence-corrected chi connectivity index (χ3v) is 2.90. The van der Waals surface area contributed by atoms with Crippen molar-refractivity contribution < 1.29 is 5.21 Å². The second kappa shape index (κ2) is 7.52. The normalized spacial score (nSPS) is 28.6. The molecule has 1 aliphatic carbocycles. The molecule has 3 heteroatoms. The van der Waals surface area contributed by atoms with E-state index >= 15 is 0 Å². The van der Waals surface area contributed by atoms with Gasteiger partial charge in [-0.05, 0) is 31.8 Å². The van der Waals surface area contributed by atoms with E-state index in [0.717, 1.165) is 19.3 Å². The van der Waals surface area contributed by atoms with E-state index < -0.39 is 0 Å². The van der Waals surface area contributed by atoms with E-state index in [1.807, 2.05) is 6.08 Å². The molecule has 15 heavy (non-hydrogen) atoms. The minimum atomic E-state index is 0.550. The maximum absolute atomic E-state index is 8.80. The number of allylic oxidation sites excluding steroid dienone is 4. The summed E-state index contributed by atoms with van der Waals surface area (Å²) in [6, 6.07) is 0. The van der Waals surface area contributed by atoms with Gasteiger partial charge in [0.15, 0.2) is 0 Å². The van der Waals surface area contributed by atoms with Crippen molar-refractivity contribution >= 4 is 17.3 Å². The Balaban J connectivity index is 2.63. The zero-order valence-electron chi connectivity index (χ0n) is 8.95. The molecule has 0 heterocycles. The first-order valence-electron chi connectivity index (χ1n) is 5.58. The fraction of sp³-hybridized carbons (Fsp3) is 0.583. The van der Waals surface area contributed by atoms with E-state index in [1.54, 1.807) is 6.08 Å². The molecule has 1 rings (SSSR count). The van der Waals surface area contributed by atoms with Crippen LogP contribution < -0.4 is 0 Å². The average Bonchev–Trinajstić information content (AvgIpc) is 2.23. The maximum atomic E-state index is 8.80. The first-order valence-corrected chi connectivity index (χ1v) is 5.96. The van der Waals surface area contributed by atoms with E-state index in [9.17, 15) is 0 Å². The summed E-state index contributed by atoms with van der Waals surface area (Å²) >= 11 is 6.00. The molecule has 0 aromatic carbocycles. The maximum Gasteiger partial charge on any atom is 0.0981 e. The van der Waals surface area contributed by atoms with Crippen molar-refractivity contribution in [3.8, 4) is 0 Å². The quantitative estimate of drug-likeness (QED) is 0.487. The molecule has 0 fully saturated rings. The van der Waals surface area contributed by atoms with Crippen LogP contribution in [-0.2, 0) is 0 Å². The lowest BCUT2D eigenvalue weighted by atomic mass is 10.1. The third-order valence-electron chi connectivity index (χ3n) is 2.56. The van der Waals surface area contributed by atoms with Crippen molar-refractivity contribution in [3.05, 3.63) is 23.3 Å². The Morgan fingerprint density at radius 2 is 1.87 bits per heavy atom. The molecule has 0 aromatic rings. The topological polar surface area (TPSA) is 32.6 Å². The lowest BCUT2D eigenvalue weighted by Gasteiger charge is -2.04. The molecule has 0 unspecified atom stereocenters. The van der Waals surface area contributed by atoms with Crippen LogP contribution in [0.3, 0.4) is 0 Å². The van der Waals surface area contributed by atoms with Gasteiger partial charge in [0.25, 0.3) is 0 Å². The SMILES string of the molecule is O\N=C1CCCCCCC\C=C/C=C/1Cl. The third kappa shape index (κ3) is 5.03. The van der Waals surface area contributed by atoms with Crippen molar-refractivity contribution in [2.24, 2.45) is 5.16 Å². The van der Waals surface area contributed by atoms with E-state index in [0.29, 0.717) is 10.7 Å². The van der Waals surface area contributed by atoms with Gasteiger partial charge in [0.1, 0.15) is 0 Å². The van der Waals surface area contributed by atoms with Crippen LogP contribution in [0.15, 0.2) is 28.4 Å². The number of nitrogens with zero attached hydrogens (tertiary/aromatic N) is 1. The van der Waals surface area contributed by atoms with Gasteiger partial charge in [0.05, 0.1) is 10.7 Å². The van der Waals surface area contributed by atoms with Crippen LogP contribution in [0.5, 0.6) is 0 Å². The molecule has 1 aliphatic rings. The highest BCUT2D eigenvalue weighted by atomic mass is 35.5. The largest absolute Gasteiger partial charge is 0.411 e. The fourth-order valence-electron chi connectivity index (χ4n) is 1.65. The van der Waals surface area contributed by atoms with Crippen molar-refractivity contribution in [2.45, 2.75) is 44.9 Å². The summed E-state index contributed by atoms with van der Waals surface area (Å²) in [5, 5.41) is 12.6. The Morgan fingerprint density at radius 1 is 1.13 bits per heavy atom. The Kier molecular flexibility index (Phi) is 6.17. The summed E-state index contributed by atoms with van der Waals surface area (Å²) in [6.07, 6.45) is 13.8. The highest BCUT2D eigenvalue weighted by Crippen LogP contribution is 2.15. The van der Waals surface area contributed by atoms with E-state index in [4.69, 9.17) is 16.8 Å². The molecule has 1 N–H and O–H groups in total. The van der Waals surface area contributed by atoms with Gasteiger partial charge >= 0.3 is 0 Å². The second-order valence-corrected chi connectivity index (χ2v) is 4.20. The Morgan fingerprint density at radius 3 is 2.67 bits per heavy atom. The number of oxime groups is 1. The highest BCUT2D eigenvalue weighted by Gasteiger charge is 2.04. The molecule has 0 bridgehead atoms. The summed E-state index contributed by atoms with van der Waals surface area (Å²) in [5.41, 5.74) is 0.599. The van der Waals surface area contributed by atoms with Crippen LogP contribution >= 0.6 is 11.6 Å². The first kappa shape index (κ1) is 12.3. The van der Waals surface area contributed by atoms with Gasteiger partial charge in [-0.2, -0.15) is 0 Å². The van der Waals surface area contributed by atoms with Crippen LogP contribution in [0, 0.1) is 0 Å². The standard InChI is InChI=1S/C12H18ClNO/c13-11-9-7-5-3-1-2-4-6-8-10-12(11)14-15/h5,7,9,15H,1-4,6,8,10H2/b7-5-,11-9-,14-12+. The molecule has 84 valence electrons. The van der Waals surface area contributed by atoms with Gasteiger partial charge in [0, 0.05) is 0 Å². The van der Waals surface area contributed by atoms with Crippen LogP contribution in [0.25, 0.3) is 0 Å². The molecular formula is C12H18ClNO. The summed E-state index contributed by atoms with van der Waals surface area (Å²) in [7, 11) is 0. The predicted octanol–water partition coefficient (Wildman–Crippen LogP) is 4.24. The van der Waals surface area contributed by atoms with Gasteiger partial charge in [-0.1, -0.05) is 48.2 Å². The fourth-order valence-corrected chi connectivity index (χ4v) is 1.85. The zero-order chi connectivity index (χ0) is 10.9. The van der Waals surface area contributed by atoms with Crippen molar-refractivity contribution in [1.29, 1.82) is 0 Å². The lowest BCUT2D eigenvalue weighted by molar-refractivity contribution is 0.318. The molecule has 0 aromatic heterocycles. The van der Waals surface area contributed by atoms with Gasteiger partial charge in [-0.15, -0.1) is 0 Å². The van der Waals surface area contributed by atoms with Gasteiger partial charge < -0.3 is 5.21 Å². The van der Waals surface area contributed by atoms with E-state index in [2.05, 4.69) is 11.2 Å². The molecule has 0 aliphatic heterocycles. The number of rotatable bonds is 0. The van der Waals surface area contributed by atoms with E-state index in [1.165, 1.54) is 25.7 Å². The molecule has 0 saturated heterocycles. The van der Waals surface area contributed by atoms with Gasteiger partial charge in [-0.3, -0.25) is 0 Å². The minimum Gasteiger partial charge on any atom is -0.411 e. The molecule has 0 radical (unpaired) electrons. The molecule has 0 saturated carbocycles. The summed E-state index contributed by atoms with van der Waals surface area (Å²) in [5.74, 6) is 0. The lowest BCUT2D eigenvalue weighted by Crippen LogP contribution is -1.99. The Bertz CT molecular complexity index is 269. The van der Waals surface area contributed by atoms with Crippen molar-refractivity contribution in [3.63, 3.8) is 0 Å². The molecular weight excluding hydrogens is 210 g/mol. The highest BCUT2D eigenvalue weighted by molar-refractivity contribution is 6.43.